The van der Waals surface area contributed by atoms with E-state index in [4.69, 9.17) is 27.9 Å². The molecule has 0 aliphatic heterocycles. The monoisotopic (exact) mass is 286 g/mol. The van der Waals surface area contributed by atoms with Crippen LogP contribution in [0.15, 0.2) is 18.2 Å². The number of ether oxygens (including phenoxy) is 1. The molecule has 2 rings (SSSR count). The maximum absolute atomic E-state index is 12.0. The third-order valence-electron chi connectivity index (χ3n) is 3.31. The van der Waals surface area contributed by atoms with Crippen molar-refractivity contribution >= 4 is 29.0 Å². The molecule has 0 N–H and O–H groups in total. The molecule has 0 radical (unpaired) electrons. The zero-order valence-electron chi connectivity index (χ0n) is 10.3. The van der Waals surface area contributed by atoms with Crippen molar-refractivity contribution in [1.82, 2.24) is 0 Å². The van der Waals surface area contributed by atoms with Crippen molar-refractivity contribution in [2.45, 2.75) is 32.3 Å². The zero-order chi connectivity index (χ0) is 13.1. The van der Waals surface area contributed by atoms with Crippen LogP contribution in [0.4, 0.5) is 0 Å². The lowest BCUT2D eigenvalue weighted by Crippen LogP contribution is -2.32. The molecule has 0 bridgehead atoms. The number of rotatable bonds is 5. The molecule has 0 atom stereocenters. The molecular weight excluding hydrogens is 271 g/mol. The van der Waals surface area contributed by atoms with E-state index < -0.39 is 0 Å². The number of Topliss-reactive ketones (excluding diaryl/α,β-unsaturated/α-hetero) is 1. The standard InChI is InChI=1S/C14H16Cl2O2/c1-2-18-11-5-9(6-11)7-14(17)10-3-4-12(15)13(16)8-10/h3-4,8-9,11H,2,5-7H2,1H3. The normalized spacial score (nSPS) is 22.6. The van der Waals surface area contributed by atoms with E-state index in [-0.39, 0.29) is 5.78 Å². The molecule has 4 heteroatoms. The molecule has 1 aliphatic carbocycles. The summed E-state index contributed by atoms with van der Waals surface area (Å²) in [7, 11) is 0. The molecule has 1 aromatic carbocycles. The summed E-state index contributed by atoms with van der Waals surface area (Å²) >= 11 is 11.7. The van der Waals surface area contributed by atoms with Crippen LogP contribution in [0.2, 0.25) is 10.0 Å². The highest BCUT2D eigenvalue weighted by molar-refractivity contribution is 6.42. The Hall–Kier alpha value is -0.570. The number of hydrogen-bond donors (Lipinski definition) is 0. The fourth-order valence-electron chi connectivity index (χ4n) is 2.26. The molecule has 0 aromatic heterocycles. The van der Waals surface area contributed by atoms with Gasteiger partial charge in [-0.25, -0.2) is 0 Å². The third-order valence-corrected chi connectivity index (χ3v) is 4.05. The van der Waals surface area contributed by atoms with E-state index in [2.05, 4.69) is 0 Å². The molecule has 2 nitrogen and oxygen atoms in total. The van der Waals surface area contributed by atoms with Gasteiger partial charge in [-0.3, -0.25) is 4.79 Å². The quantitative estimate of drug-likeness (QED) is 0.751. The Morgan fingerprint density at radius 2 is 2.06 bits per heavy atom. The summed E-state index contributed by atoms with van der Waals surface area (Å²) in [5.74, 6) is 0.581. The third kappa shape index (κ3) is 3.25. The average Bonchev–Trinajstić information content (AvgIpc) is 2.30. The fraction of sp³-hybridized carbons (Fsp3) is 0.500. The number of carbonyl (C=O) groups is 1. The van der Waals surface area contributed by atoms with E-state index in [1.54, 1.807) is 18.2 Å². The maximum atomic E-state index is 12.0. The number of benzene rings is 1. The highest BCUT2D eigenvalue weighted by atomic mass is 35.5. The maximum Gasteiger partial charge on any atom is 0.163 e. The lowest BCUT2D eigenvalue weighted by Gasteiger charge is -2.34. The second-order valence-electron chi connectivity index (χ2n) is 4.67. The Morgan fingerprint density at radius 3 is 2.67 bits per heavy atom. The lowest BCUT2D eigenvalue weighted by atomic mass is 9.78. The SMILES string of the molecule is CCOC1CC(CC(=O)c2ccc(Cl)c(Cl)c2)C1. The molecule has 18 heavy (non-hydrogen) atoms. The predicted molar refractivity (Wildman–Crippen MR) is 73.5 cm³/mol. The van der Waals surface area contributed by atoms with Crippen LogP contribution < -0.4 is 0 Å². The largest absolute Gasteiger partial charge is 0.378 e. The second kappa shape index (κ2) is 6.05. The molecule has 0 saturated heterocycles. The Bertz CT molecular complexity index is 439. The van der Waals surface area contributed by atoms with Crippen LogP contribution >= 0.6 is 23.2 Å². The van der Waals surface area contributed by atoms with Gasteiger partial charge in [-0.05, 0) is 43.9 Å². The lowest BCUT2D eigenvalue weighted by molar-refractivity contribution is -0.0246. The van der Waals surface area contributed by atoms with Gasteiger partial charge in [0.05, 0.1) is 16.1 Å². The number of halogens is 2. The molecule has 0 unspecified atom stereocenters. The molecular formula is C14H16Cl2O2. The minimum atomic E-state index is 0.133. The molecule has 1 fully saturated rings. The van der Waals surface area contributed by atoms with Crippen molar-refractivity contribution in [2.24, 2.45) is 5.92 Å². The summed E-state index contributed by atoms with van der Waals surface area (Å²) in [6, 6.07) is 5.04. The minimum Gasteiger partial charge on any atom is -0.378 e. The molecule has 0 heterocycles. The zero-order valence-corrected chi connectivity index (χ0v) is 11.8. The summed E-state index contributed by atoms with van der Waals surface area (Å²) in [4.78, 5) is 12.0. The van der Waals surface area contributed by atoms with Crippen molar-refractivity contribution in [3.8, 4) is 0 Å². The second-order valence-corrected chi connectivity index (χ2v) is 5.49. The number of hydrogen-bond acceptors (Lipinski definition) is 2. The Labute approximate surface area is 117 Å². The fourth-order valence-corrected chi connectivity index (χ4v) is 2.56. The van der Waals surface area contributed by atoms with Crippen LogP contribution in [-0.2, 0) is 4.74 Å². The molecule has 1 saturated carbocycles. The minimum absolute atomic E-state index is 0.133. The van der Waals surface area contributed by atoms with Crippen LogP contribution in [0.3, 0.4) is 0 Å². The van der Waals surface area contributed by atoms with Crippen molar-refractivity contribution < 1.29 is 9.53 Å². The Kier molecular flexibility index (Phi) is 4.66. The molecule has 1 aromatic rings. The van der Waals surface area contributed by atoms with E-state index in [0.717, 1.165) is 19.4 Å². The summed E-state index contributed by atoms with van der Waals surface area (Å²) < 4.78 is 5.48. The Morgan fingerprint density at radius 1 is 1.33 bits per heavy atom. The van der Waals surface area contributed by atoms with Gasteiger partial charge in [-0.1, -0.05) is 23.2 Å². The van der Waals surface area contributed by atoms with Gasteiger partial charge in [-0.2, -0.15) is 0 Å². The summed E-state index contributed by atoms with van der Waals surface area (Å²) in [5.41, 5.74) is 0.643. The highest BCUT2D eigenvalue weighted by Crippen LogP contribution is 2.34. The van der Waals surface area contributed by atoms with Gasteiger partial charge < -0.3 is 4.74 Å². The van der Waals surface area contributed by atoms with Gasteiger partial charge in [0.15, 0.2) is 5.78 Å². The number of ketones is 1. The summed E-state index contributed by atoms with van der Waals surface area (Å²) in [5, 5.41) is 0.914. The van der Waals surface area contributed by atoms with Gasteiger partial charge in [-0.15, -0.1) is 0 Å². The van der Waals surface area contributed by atoms with E-state index >= 15 is 0 Å². The van der Waals surface area contributed by atoms with Gasteiger partial charge in [0, 0.05) is 18.6 Å². The van der Waals surface area contributed by atoms with Crippen molar-refractivity contribution in [2.75, 3.05) is 6.61 Å². The molecule has 98 valence electrons. The summed E-state index contributed by atoms with van der Waals surface area (Å²) in [6.07, 6.45) is 2.89. The van der Waals surface area contributed by atoms with E-state index in [1.807, 2.05) is 6.92 Å². The van der Waals surface area contributed by atoms with Crippen molar-refractivity contribution in [3.63, 3.8) is 0 Å². The topological polar surface area (TPSA) is 26.3 Å². The molecule has 0 amide bonds. The van der Waals surface area contributed by atoms with Crippen molar-refractivity contribution in [3.05, 3.63) is 33.8 Å². The number of carbonyl (C=O) groups excluding carboxylic acids is 1. The van der Waals surface area contributed by atoms with E-state index in [0.29, 0.717) is 34.1 Å². The van der Waals surface area contributed by atoms with Crippen LogP contribution in [-0.4, -0.2) is 18.5 Å². The first-order chi connectivity index (χ1) is 8.60. The first kappa shape index (κ1) is 13.9. The molecule has 1 aliphatic rings. The van der Waals surface area contributed by atoms with Gasteiger partial charge >= 0.3 is 0 Å². The average molecular weight is 287 g/mol. The van der Waals surface area contributed by atoms with Crippen LogP contribution in [0.25, 0.3) is 0 Å². The molecule has 0 spiro atoms. The van der Waals surface area contributed by atoms with E-state index in [9.17, 15) is 4.79 Å². The van der Waals surface area contributed by atoms with Crippen LogP contribution in [0, 0.1) is 5.92 Å². The Balaban J connectivity index is 1.87. The van der Waals surface area contributed by atoms with Crippen LogP contribution in [0.5, 0.6) is 0 Å². The smallest absolute Gasteiger partial charge is 0.163 e. The van der Waals surface area contributed by atoms with Crippen LogP contribution in [0.1, 0.15) is 36.5 Å². The highest BCUT2D eigenvalue weighted by Gasteiger charge is 2.31. The summed E-state index contributed by atoms with van der Waals surface area (Å²) in [6.45, 7) is 2.74. The van der Waals surface area contributed by atoms with E-state index in [1.165, 1.54) is 0 Å². The predicted octanol–water partition coefficient (Wildman–Crippen LogP) is 4.38. The van der Waals surface area contributed by atoms with Gasteiger partial charge in [0.1, 0.15) is 0 Å². The first-order valence-electron chi connectivity index (χ1n) is 6.20. The van der Waals surface area contributed by atoms with Gasteiger partial charge in [0.25, 0.3) is 0 Å². The van der Waals surface area contributed by atoms with Gasteiger partial charge in [0.2, 0.25) is 0 Å². The van der Waals surface area contributed by atoms with Crippen molar-refractivity contribution in [1.29, 1.82) is 0 Å². The first-order valence-corrected chi connectivity index (χ1v) is 6.95.